The molecule has 0 bridgehead atoms. The second-order valence-corrected chi connectivity index (χ2v) is 26.2. The van der Waals surface area contributed by atoms with Crippen LogP contribution in [0.5, 0.6) is 0 Å². The Morgan fingerprint density at radius 1 is 0.158 bits per heavy atom. The van der Waals surface area contributed by atoms with Crippen molar-refractivity contribution in [2.75, 3.05) is 0 Å². The molecule has 0 radical (unpaired) electrons. The molecule has 0 unspecified atom stereocenters. The number of aromatic nitrogens is 8. The van der Waals surface area contributed by atoms with Gasteiger partial charge in [-0.2, -0.15) is 0 Å². The van der Waals surface area contributed by atoms with Crippen LogP contribution in [-0.2, 0) is 0 Å². The van der Waals surface area contributed by atoms with Gasteiger partial charge in [0, 0.05) is 61.9 Å². The highest BCUT2D eigenvalue weighted by Gasteiger charge is 2.37. The topological polar surface area (TPSA) is 63.3 Å². The minimum Gasteiger partial charge on any atom is -0.305 e. The molecule has 8 heterocycles. The second-order valence-electron chi connectivity index (χ2n) is 26.2. The van der Waals surface area contributed by atoms with Crippen molar-refractivity contribution in [3.05, 3.63) is 352 Å². The molecule has 13 aromatic carbocycles. The Morgan fingerprint density at radius 3 is 0.693 bits per heavy atom. The van der Waals surface area contributed by atoms with Crippen LogP contribution in [0.3, 0.4) is 0 Å². The number of hydrogen-bond donors (Lipinski definition) is 0. The number of nitrogens with zero attached hydrogens (tertiary/aromatic N) is 8. The first-order valence-corrected chi connectivity index (χ1v) is 34.4. The van der Waals surface area contributed by atoms with Gasteiger partial charge in [-0.1, -0.05) is 231 Å². The summed E-state index contributed by atoms with van der Waals surface area (Å²) in [6, 6.07) is 122. The predicted octanol–water partition coefficient (Wildman–Crippen LogP) is 23.7. The van der Waals surface area contributed by atoms with Gasteiger partial charge in [0.05, 0.1) is 100 Å². The minimum absolute atomic E-state index is 0.891. The Bertz CT molecular complexity index is 6230. The highest BCUT2D eigenvalue weighted by molar-refractivity contribution is 6.19. The lowest BCUT2D eigenvalue weighted by atomic mass is 9.95. The first kappa shape index (κ1) is 56.5. The van der Waals surface area contributed by atoms with Crippen LogP contribution in [0.1, 0.15) is 0 Å². The van der Waals surface area contributed by atoms with Gasteiger partial charge < -0.3 is 22.8 Å². The summed E-state index contributed by atoms with van der Waals surface area (Å²) in [5.41, 5.74) is 28.5. The third kappa shape index (κ3) is 8.52. The van der Waals surface area contributed by atoms with Crippen LogP contribution in [0.15, 0.2) is 352 Å². The molecular formula is C93H58N8. The molecule has 0 fully saturated rings. The first-order chi connectivity index (χ1) is 50.2. The Hall–Kier alpha value is -13.7. The molecule has 0 saturated heterocycles. The minimum atomic E-state index is 0.891. The normalized spacial score (nSPS) is 12.0. The van der Waals surface area contributed by atoms with Crippen molar-refractivity contribution in [3.8, 4) is 84.1 Å². The van der Waals surface area contributed by atoms with Gasteiger partial charge in [-0.15, -0.1) is 0 Å². The summed E-state index contributed by atoms with van der Waals surface area (Å²) in [6.07, 6.45) is 5.81. The van der Waals surface area contributed by atoms with Crippen molar-refractivity contribution in [2.24, 2.45) is 0 Å². The van der Waals surface area contributed by atoms with E-state index in [1.54, 1.807) is 0 Å². The van der Waals surface area contributed by atoms with E-state index in [4.69, 9.17) is 15.0 Å². The van der Waals surface area contributed by atoms with E-state index in [-0.39, 0.29) is 0 Å². The first-order valence-electron chi connectivity index (χ1n) is 34.4. The Labute approximate surface area is 580 Å². The van der Waals surface area contributed by atoms with E-state index in [2.05, 4.69) is 356 Å². The number of para-hydroxylation sites is 3. The summed E-state index contributed by atoms with van der Waals surface area (Å²) >= 11 is 0. The van der Waals surface area contributed by atoms with Crippen LogP contribution < -0.4 is 0 Å². The standard InChI is InChI=1S/C93H58N8/c1-6-25-59(26-7-1)64-44-48-78-71(55-64)72-56-65(60-27-8-2-9-28-60)45-49-79(72)97(78)91-89(99-75-38-19-16-35-68(75)86-82(99)41-22-52-94-86)85(63-33-14-5-15-34-63)90(100-76-39-20-17-36-69(76)87-83(100)42-23-53-95-87)92(93(91)101-77-40-21-18-37-70(77)88-84(101)43-24-54-96-88)98-80-50-46-66(61-29-10-3-11-30-61)57-73(80)74-58-67(47-51-81(74)98)62-31-12-4-13-32-62/h1-58H. The number of benzene rings is 13. The maximum atomic E-state index is 5.41. The Morgan fingerprint density at radius 2 is 0.386 bits per heavy atom. The summed E-state index contributed by atoms with van der Waals surface area (Å²) in [7, 11) is 0. The molecule has 0 atom stereocenters. The quantitative estimate of drug-likeness (QED) is 0.137. The second kappa shape index (κ2) is 22.4. The molecule has 0 spiro atoms. The average molecular weight is 1290 g/mol. The number of fused-ring (bicyclic) bond motifs is 15. The largest absolute Gasteiger partial charge is 0.305 e. The average Bonchev–Trinajstić information content (AvgIpc) is 1.58. The lowest BCUT2D eigenvalue weighted by Gasteiger charge is -2.32. The van der Waals surface area contributed by atoms with E-state index in [1.807, 2.05) is 18.6 Å². The zero-order valence-electron chi connectivity index (χ0n) is 54.6. The highest BCUT2D eigenvalue weighted by atomic mass is 15.2. The van der Waals surface area contributed by atoms with Crippen LogP contribution >= 0.6 is 0 Å². The van der Waals surface area contributed by atoms with E-state index < -0.39 is 0 Å². The molecule has 101 heavy (non-hydrogen) atoms. The number of hydrogen-bond acceptors (Lipinski definition) is 3. The van der Waals surface area contributed by atoms with Crippen molar-refractivity contribution in [1.82, 2.24) is 37.8 Å². The molecule has 0 N–H and O–H groups in total. The van der Waals surface area contributed by atoms with Gasteiger partial charge in [0.25, 0.3) is 0 Å². The number of rotatable bonds is 10. The fourth-order valence-corrected chi connectivity index (χ4v) is 16.5. The number of pyridine rings is 3. The van der Waals surface area contributed by atoms with E-state index >= 15 is 0 Å². The predicted molar refractivity (Wildman–Crippen MR) is 419 cm³/mol. The van der Waals surface area contributed by atoms with Crippen molar-refractivity contribution >= 4 is 109 Å². The van der Waals surface area contributed by atoms with Crippen LogP contribution in [0, 0.1) is 0 Å². The third-order valence-corrected chi connectivity index (χ3v) is 20.8. The van der Waals surface area contributed by atoms with Crippen LogP contribution in [0.4, 0.5) is 0 Å². The molecule has 21 aromatic rings. The summed E-state index contributed by atoms with van der Waals surface area (Å²) in [5.74, 6) is 0. The molecule has 0 amide bonds. The fraction of sp³-hybridized carbons (Fsp3) is 0. The van der Waals surface area contributed by atoms with Crippen molar-refractivity contribution in [3.63, 3.8) is 0 Å². The molecule has 8 aromatic heterocycles. The molecular weight excluding hydrogens is 1230 g/mol. The summed E-state index contributed by atoms with van der Waals surface area (Å²) in [5, 5.41) is 7.56. The molecule has 0 aliphatic rings. The van der Waals surface area contributed by atoms with Gasteiger partial charge in [-0.05, 0) is 153 Å². The molecule has 0 aliphatic carbocycles. The van der Waals surface area contributed by atoms with Gasteiger partial charge in [0.1, 0.15) is 0 Å². The van der Waals surface area contributed by atoms with Crippen molar-refractivity contribution < 1.29 is 0 Å². The van der Waals surface area contributed by atoms with Crippen LogP contribution in [-0.4, -0.2) is 37.8 Å². The van der Waals surface area contributed by atoms with Crippen molar-refractivity contribution in [1.29, 1.82) is 0 Å². The molecule has 8 heteroatoms. The molecule has 21 rings (SSSR count). The smallest absolute Gasteiger partial charge is 0.0991 e. The SMILES string of the molecule is c1ccc(-c2ccc3c(c2)c2cc(-c4ccccc4)ccc2n3-c2c(-n3c4ccccc4c4ncccc43)c(-c3ccccc3)c(-n3c4ccccc4c4ncccc43)c(-n3c4ccc(-c5ccccc5)cc4c4cc(-c5ccccc5)ccc43)c2-n2c3ccccc3c3ncccc32)cc1. The monoisotopic (exact) mass is 1290 g/mol. The van der Waals surface area contributed by atoms with Gasteiger partial charge in [0.2, 0.25) is 0 Å². The maximum Gasteiger partial charge on any atom is 0.0991 e. The zero-order chi connectivity index (χ0) is 66.2. The highest BCUT2D eigenvalue weighted by Crippen LogP contribution is 2.55. The molecule has 8 nitrogen and oxygen atoms in total. The van der Waals surface area contributed by atoms with Gasteiger partial charge in [-0.3, -0.25) is 15.0 Å². The Kier molecular flexibility index (Phi) is 12.5. The van der Waals surface area contributed by atoms with Gasteiger partial charge >= 0.3 is 0 Å². The molecule has 0 aliphatic heterocycles. The van der Waals surface area contributed by atoms with Gasteiger partial charge in [-0.25, -0.2) is 0 Å². The maximum absolute atomic E-state index is 5.41. The molecule has 470 valence electrons. The summed E-state index contributed by atoms with van der Waals surface area (Å²) < 4.78 is 12.9. The fourth-order valence-electron chi connectivity index (χ4n) is 16.5. The summed E-state index contributed by atoms with van der Waals surface area (Å²) in [4.78, 5) is 16.1. The van der Waals surface area contributed by atoms with E-state index in [9.17, 15) is 0 Å². The third-order valence-electron chi connectivity index (χ3n) is 20.8. The van der Waals surface area contributed by atoms with Crippen molar-refractivity contribution in [2.45, 2.75) is 0 Å². The van der Waals surface area contributed by atoms with Crippen LogP contribution in [0.2, 0.25) is 0 Å². The zero-order valence-corrected chi connectivity index (χ0v) is 54.6. The van der Waals surface area contributed by atoms with Gasteiger partial charge in [0.15, 0.2) is 0 Å². The lowest BCUT2D eigenvalue weighted by Crippen LogP contribution is -2.18. The van der Waals surface area contributed by atoms with E-state index in [0.717, 1.165) is 193 Å². The Balaban J connectivity index is 1.10. The lowest BCUT2D eigenvalue weighted by molar-refractivity contribution is 1.00. The summed E-state index contributed by atoms with van der Waals surface area (Å²) in [6.45, 7) is 0. The van der Waals surface area contributed by atoms with E-state index in [1.165, 1.54) is 0 Å². The van der Waals surface area contributed by atoms with Crippen LogP contribution in [0.25, 0.3) is 193 Å². The molecule has 0 saturated carbocycles. The van der Waals surface area contributed by atoms with E-state index in [0.29, 0.717) is 0 Å².